The summed E-state index contributed by atoms with van der Waals surface area (Å²) in [5, 5.41) is 8.62. The van der Waals surface area contributed by atoms with Gasteiger partial charge in [-0.05, 0) is 26.2 Å². The molecule has 0 aromatic heterocycles. The van der Waals surface area contributed by atoms with Crippen molar-refractivity contribution < 1.29 is 14.9 Å². The van der Waals surface area contributed by atoms with Gasteiger partial charge in [0.1, 0.15) is 0 Å². The Kier molecular flexibility index (Phi) is 3.23. The van der Waals surface area contributed by atoms with Crippen molar-refractivity contribution in [1.82, 2.24) is 0 Å². The normalized spacial score (nSPS) is 32.7. The van der Waals surface area contributed by atoms with Crippen molar-refractivity contribution in [3.8, 4) is 0 Å². The molecule has 1 aliphatic carbocycles. The Labute approximate surface area is 72.7 Å². The second-order valence-corrected chi connectivity index (χ2v) is 3.66. The molecule has 1 atom stereocenters. The maximum Gasteiger partial charge on any atom is 0.167 e. The van der Waals surface area contributed by atoms with Crippen LogP contribution in [0.2, 0.25) is 0 Å². The van der Waals surface area contributed by atoms with E-state index in [4.69, 9.17) is 5.26 Å². The summed E-state index contributed by atoms with van der Waals surface area (Å²) >= 11 is 0. The first-order valence-corrected chi connectivity index (χ1v) is 4.55. The summed E-state index contributed by atoms with van der Waals surface area (Å²) in [7, 11) is 0. The fraction of sp³-hybridized carbons (Fsp3) is 0.889. The van der Waals surface area contributed by atoms with E-state index in [1.165, 1.54) is 0 Å². The number of rotatable bonds is 1. The molecule has 0 heterocycles. The molecule has 12 heavy (non-hydrogen) atoms. The van der Waals surface area contributed by atoms with Crippen LogP contribution in [0.3, 0.4) is 0 Å². The molecule has 3 nitrogen and oxygen atoms in total. The largest absolute Gasteiger partial charge is 0.296 e. The van der Waals surface area contributed by atoms with Crippen molar-refractivity contribution in [2.24, 2.45) is 0 Å². The number of carbonyl (C=O) groups excluding carboxylic acids is 1. The van der Waals surface area contributed by atoms with Crippen LogP contribution in [0.15, 0.2) is 0 Å². The highest BCUT2D eigenvalue weighted by molar-refractivity contribution is 5.86. The summed E-state index contributed by atoms with van der Waals surface area (Å²) in [5.41, 5.74) is -0.930. The van der Waals surface area contributed by atoms with E-state index in [1.807, 2.05) is 0 Å². The zero-order valence-electron chi connectivity index (χ0n) is 7.51. The smallest absolute Gasteiger partial charge is 0.167 e. The van der Waals surface area contributed by atoms with Crippen molar-refractivity contribution >= 4 is 5.78 Å². The molecule has 1 N–H and O–H groups in total. The topological polar surface area (TPSA) is 46.5 Å². The summed E-state index contributed by atoms with van der Waals surface area (Å²) in [4.78, 5) is 15.7. The van der Waals surface area contributed by atoms with Crippen LogP contribution in [0.1, 0.15) is 45.4 Å². The zero-order valence-corrected chi connectivity index (χ0v) is 7.51. The maximum absolute atomic E-state index is 11.4. The van der Waals surface area contributed by atoms with E-state index in [9.17, 15) is 4.79 Å². The van der Waals surface area contributed by atoms with E-state index in [0.717, 1.165) is 25.7 Å². The Balaban J connectivity index is 2.60. The van der Waals surface area contributed by atoms with Crippen LogP contribution in [0.4, 0.5) is 0 Å². The van der Waals surface area contributed by atoms with Crippen molar-refractivity contribution in [2.75, 3.05) is 0 Å². The minimum absolute atomic E-state index is 0.0321. The molecule has 1 aliphatic rings. The Morgan fingerprint density at radius 1 is 1.33 bits per heavy atom. The quantitative estimate of drug-likeness (QED) is 0.487. The van der Waals surface area contributed by atoms with Crippen molar-refractivity contribution in [1.29, 1.82) is 0 Å². The monoisotopic (exact) mass is 172 g/mol. The fourth-order valence-corrected chi connectivity index (χ4v) is 1.60. The molecule has 0 saturated heterocycles. The third-order valence-electron chi connectivity index (χ3n) is 2.60. The van der Waals surface area contributed by atoms with Crippen LogP contribution in [-0.2, 0) is 9.68 Å². The predicted molar refractivity (Wildman–Crippen MR) is 44.8 cm³/mol. The van der Waals surface area contributed by atoms with E-state index in [-0.39, 0.29) is 5.78 Å². The first kappa shape index (κ1) is 9.68. The number of Topliss-reactive ketones (excluding diaryl/α,β-unsaturated/α-hetero) is 1. The van der Waals surface area contributed by atoms with Gasteiger partial charge >= 0.3 is 0 Å². The predicted octanol–water partition coefficient (Wildman–Crippen LogP) is 2.16. The average Bonchev–Trinajstić information content (AvgIpc) is 2.07. The van der Waals surface area contributed by atoms with E-state index >= 15 is 0 Å². The van der Waals surface area contributed by atoms with Crippen LogP contribution >= 0.6 is 0 Å². The third kappa shape index (κ3) is 2.05. The van der Waals surface area contributed by atoms with Crippen LogP contribution in [-0.4, -0.2) is 16.6 Å². The molecule has 70 valence electrons. The Bertz CT molecular complexity index is 167. The number of ketones is 1. The van der Waals surface area contributed by atoms with Gasteiger partial charge in [0.15, 0.2) is 11.4 Å². The van der Waals surface area contributed by atoms with Crippen LogP contribution in [0.5, 0.6) is 0 Å². The van der Waals surface area contributed by atoms with Gasteiger partial charge in [-0.15, -0.1) is 0 Å². The molecular formula is C9H16O3. The lowest BCUT2D eigenvalue weighted by molar-refractivity contribution is -0.308. The summed E-state index contributed by atoms with van der Waals surface area (Å²) in [5.74, 6) is 0.0321. The molecule has 1 fully saturated rings. The molecular weight excluding hydrogens is 156 g/mol. The van der Waals surface area contributed by atoms with Gasteiger partial charge in [0.05, 0.1) is 0 Å². The molecule has 1 unspecified atom stereocenters. The lowest BCUT2D eigenvalue weighted by Gasteiger charge is -2.25. The van der Waals surface area contributed by atoms with Gasteiger partial charge < -0.3 is 0 Å². The lowest BCUT2D eigenvalue weighted by atomic mass is 9.87. The van der Waals surface area contributed by atoms with Crippen molar-refractivity contribution in [2.45, 2.75) is 51.0 Å². The van der Waals surface area contributed by atoms with E-state index < -0.39 is 5.60 Å². The molecule has 0 amide bonds. The molecule has 1 rings (SSSR count). The zero-order chi connectivity index (χ0) is 9.03. The van der Waals surface area contributed by atoms with Crippen LogP contribution in [0.25, 0.3) is 0 Å². The first-order valence-electron chi connectivity index (χ1n) is 4.55. The fourth-order valence-electron chi connectivity index (χ4n) is 1.60. The number of carbonyl (C=O) groups is 1. The highest BCUT2D eigenvalue weighted by Gasteiger charge is 2.34. The van der Waals surface area contributed by atoms with Crippen LogP contribution < -0.4 is 0 Å². The van der Waals surface area contributed by atoms with Crippen LogP contribution in [0, 0.1) is 0 Å². The van der Waals surface area contributed by atoms with Gasteiger partial charge in [-0.25, -0.2) is 4.89 Å². The molecule has 0 bridgehead atoms. The Hall–Kier alpha value is -0.410. The van der Waals surface area contributed by atoms with E-state index in [0.29, 0.717) is 12.8 Å². The Morgan fingerprint density at radius 3 is 2.67 bits per heavy atom. The highest BCUT2D eigenvalue weighted by atomic mass is 17.1. The van der Waals surface area contributed by atoms with Crippen molar-refractivity contribution in [3.63, 3.8) is 0 Å². The minimum Gasteiger partial charge on any atom is -0.296 e. The Morgan fingerprint density at radius 2 is 2.00 bits per heavy atom. The lowest BCUT2D eigenvalue weighted by Crippen LogP contribution is -2.38. The molecule has 1 saturated carbocycles. The summed E-state index contributed by atoms with van der Waals surface area (Å²) in [6.45, 7) is 1.67. The standard InChI is InChI=1S/C9H16O3/c1-9(12-11)7-5-3-2-4-6-8(9)10/h11H,2-7H2,1H3. The highest BCUT2D eigenvalue weighted by Crippen LogP contribution is 2.25. The average molecular weight is 172 g/mol. The van der Waals surface area contributed by atoms with Crippen molar-refractivity contribution in [3.05, 3.63) is 0 Å². The second-order valence-electron chi connectivity index (χ2n) is 3.66. The molecule has 0 aliphatic heterocycles. The van der Waals surface area contributed by atoms with E-state index in [2.05, 4.69) is 4.89 Å². The first-order chi connectivity index (χ1) is 5.69. The molecule has 0 aromatic rings. The van der Waals surface area contributed by atoms with Gasteiger partial charge in [-0.2, -0.15) is 0 Å². The maximum atomic E-state index is 11.4. The molecule has 0 aromatic carbocycles. The molecule has 0 radical (unpaired) electrons. The summed E-state index contributed by atoms with van der Waals surface area (Å²) in [6, 6.07) is 0. The van der Waals surface area contributed by atoms with Gasteiger partial charge in [0.25, 0.3) is 0 Å². The summed E-state index contributed by atoms with van der Waals surface area (Å²) in [6.07, 6.45) is 5.32. The van der Waals surface area contributed by atoms with E-state index in [1.54, 1.807) is 6.92 Å². The molecule has 3 heteroatoms. The minimum atomic E-state index is -0.930. The summed E-state index contributed by atoms with van der Waals surface area (Å²) < 4.78 is 0. The van der Waals surface area contributed by atoms with Gasteiger partial charge in [-0.1, -0.05) is 12.8 Å². The van der Waals surface area contributed by atoms with Gasteiger partial charge in [0.2, 0.25) is 0 Å². The SMILES string of the molecule is CC1(OO)CCCCCCC1=O. The number of hydrogen-bond donors (Lipinski definition) is 1. The number of hydrogen-bond acceptors (Lipinski definition) is 3. The molecule has 0 spiro atoms. The third-order valence-corrected chi connectivity index (χ3v) is 2.60. The second kappa shape index (κ2) is 4.01. The van der Waals surface area contributed by atoms with Gasteiger partial charge in [-0.3, -0.25) is 10.1 Å². The van der Waals surface area contributed by atoms with Gasteiger partial charge in [0, 0.05) is 6.42 Å².